The van der Waals surface area contributed by atoms with Gasteiger partial charge in [-0.2, -0.15) is 8.78 Å². The molecule has 1 radical (unpaired) electrons. The van der Waals surface area contributed by atoms with E-state index < -0.39 is 12.0 Å². The molecule has 5 heteroatoms. The van der Waals surface area contributed by atoms with Crippen molar-refractivity contribution in [2.75, 3.05) is 0 Å². The van der Waals surface area contributed by atoms with E-state index in [0.29, 0.717) is 0 Å². The van der Waals surface area contributed by atoms with Crippen molar-refractivity contribution in [3.8, 4) is 5.75 Å². The van der Waals surface area contributed by atoms with Crippen LogP contribution in [-0.2, 0) is 4.79 Å². The molecule has 1 N–H and O–H groups in total. The molecule has 0 heterocycles. The van der Waals surface area contributed by atoms with Crippen molar-refractivity contribution >= 4 is 5.91 Å². The predicted molar refractivity (Wildman–Crippen MR) is 40.1 cm³/mol. The monoisotopic (exact) mass is 186 g/mol. The Balaban J connectivity index is 2.75. The first kappa shape index (κ1) is 9.44. The van der Waals surface area contributed by atoms with Gasteiger partial charge in [0.25, 0.3) is 0 Å². The summed E-state index contributed by atoms with van der Waals surface area (Å²) in [7, 11) is 0. The van der Waals surface area contributed by atoms with Gasteiger partial charge >= 0.3 is 12.0 Å². The number of carbonyl (C=O) groups is 1. The third kappa shape index (κ3) is 2.40. The highest BCUT2D eigenvalue weighted by Crippen LogP contribution is 2.20. The molecule has 0 atom stereocenters. The first-order valence-corrected chi connectivity index (χ1v) is 3.40. The first-order chi connectivity index (χ1) is 6.02. The molecule has 0 fully saturated rings. The molecule has 1 rings (SSSR count). The smallest absolute Gasteiger partial charge is 0.425 e. The third-order valence-electron chi connectivity index (χ3n) is 1.25. The standard InChI is InChI=1S/C8H6F2NO2/c9-8(10,7(11)12)13-6-4-2-1-3-5-6/h1-5,11H. The number of hydrogen-bond acceptors (Lipinski definition) is 2. The van der Waals surface area contributed by atoms with Crippen molar-refractivity contribution in [1.29, 1.82) is 0 Å². The molecule has 1 amide bonds. The van der Waals surface area contributed by atoms with Crippen molar-refractivity contribution in [3.63, 3.8) is 0 Å². The zero-order valence-electron chi connectivity index (χ0n) is 6.46. The number of halogens is 2. The number of alkyl halides is 2. The highest BCUT2D eigenvalue weighted by atomic mass is 19.3. The fourth-order valence-electron chi connectivity index (χ4n) is 0.683. The molecule has 13 heavy (non-hydrogen) atoms. The van der Waals surface area contributed by atoms with E-state index in [0.717, 1.165) is 0 Å². The van der Waals surface area contributed by atoms with E-state index >= 15 is 0 Å². The van der Waals surface area contributed by atoms with Gasteiger partial charge in [0, 0.05) is 0 Å². The maximum atomic E-state index is 12.5. The van der Waals surface area contributed by atoms with Gasteiger partial charge in [-0.15, -0.1) is 0 Å². The zero-order valence-corrected chi connectivity index (χ0v) is 6.46. The van der Waals surface area contributed by atoms with Gasteiger partial charge in [0.2, 0.25) is 0 Å². The molecule has 0 aromatic heterocycles. The summed E-state index contributed by atoms with van der Waals surface area (Å²) in [6, 6.07) is 7.14. The molecule has 1 aromatic rings. The molecule has 69 valence electrons. The summed E-state index contributed by atoms with van der Waals surface area (Å²) in [4.78, 5) is 10.1. The molecule has 0 aliphatic rings. The summed E-state index contributed by atoms with van der Waals surface area (Å²) in [5.74, 6) is -2.20. The van der Waals surface area contributed by atoms with Crippen LogP contribution in [0.2, 0.25) is 0 Å². The first-order valence-electron chi connectivity index (χ1n) is 3.40. The van der Waals surface area contributed by atoms with Crippen LogP contribution in [0.5, 0.6) is 5.75 Å². The average Bonchev–Trinajstić information content (AvgIpc) is 2.05. The van der Waals surface area contributed by atoms with E-state index in [1.54, 1.807) is 6.07 Å². The second-order valence-electron chi connectivity index (χ2n) is 2.26. The zero-order chi connectivity index (χ0) is 9.90. The van der Waals surface area contributed by atoms with Crippen LogP contribution in [0.3, 0.4) is 0 Å². The quantitative estimate of drug-likeness (QED) is 0.717. The van der Waals surface area contributed by atoms with Gasteiger partial charge in [-0.1, -0.05) is 18.2 Å². The molecule has 0 spiro atoms. The lowest BCUT2D eigenvalue weighted by Gasteiger charge is -2.12. The Morgan fingerprint density at radius 2 is 1.85 bits per heavy atom. The molecule has 0 saturated heterocycles. The van der Waals surface area contributed by atoms with E-state index in [-0.39, 0.29) is 5.75 Å². The van der Waals surface area contributed by atoms with Crippen molar-refractivity contribution in [1.82, 2.24) is 5.73 Å². The van der Waals surface area contributed by atoms with Crippen LogP contribution in [-0.4, -0.2) is 12.0 Å². The number of amides is 1. The van der Waals surface area contributed by atoms with Gasteiger partial charge in [-0.3, -0.25) is 10.5 Å². The lowest BCUT2D eigenvalue weighted by molar-refractivity contribution is -0.190. The highest BCUT2D eigenvalue weighted by molar-refractivity contribution is 5.79. The van der Waals surface area contributed by atoms with Crippen LogP contribution in [0.4, 0.5) is 8.78 Å². The maximum Gasteiger partial charge on any atom is 0.484 e. The van der Waals surface area contributed by atoms with E-state index in [2.05, 4.69) is 4.74 Å². The Hall–Kier alpha value is -1.65. The van der Waals surface area contributed by atoms with Crippen molar-refractivity contribution in [2.45, 2.75) is 6.11 Å². The summed E-state index contributed by atoms with van der Waals surface area (Å²) in [5.41, 5.74) is 6.22. The fraction of sp³-hybridized carbons (Fsp3) is 0.125. The molecule has 3 nitrogen and oxygen atoms in total. The number of nitrogens with one attached hydrogen (secondary N) is 1. The Kier molecular flexibility index (Phi) is 2.46. The lowest BCUT2D eigenvalue weighted by Crippen LogP contribution is -2.35. The van der Waals surface area contributed by atoms with Gasteiger partial charge in [-0.25, -0.2) is 0 Å². The van der Waals surface area contributed by atoms with Gasteiger partial charge < -0.3 is 4.74 Å². The summed E-state index contributed by atoms with van der Waals surface area (Å²) in [6.07, 6.45) is -4.07. The average molecular weight is 186 g/mol. The molecule has 0 unspecified atom stereocenters. The highest BCUT2D eigenvalue weighted by Gasteiger charge is 2.40. The summed E-state index contributed by atoms with van der Waals surface area (Å²) in [5, 5.41) is 0. The minimum absolute atomic E-state index is 0.145. The van der Waals surface area contributed by atoms with E-state index in [1.807, 2.05) is 0 Å². The molecule has 0 bridgehead atoms. The van der Waals surface area contributed by atoms with Gasteiger partial charge in [-0.05, 0) is 12.1 Å². The van der Waals surface area contributed by atoms with E-state index in [1.165, 1.54) is 24.3 Å². The minimum atomic E-state index is -4.07. The number of ether oxygens (including phenoxy) is 1. The van der Waals surface area contributed by atoms with Crippen LogP contribution in [0.15, 0.2) is 30.3 Å². The maximum absolute atomic E-state index is 12.5. The molecule has 0 aliphatic heterocycles. The molecular weight excluding hydrogens is 180 g/mol. The van der Waals surface area contributed by atoms with Gasteiger partial charge in [0.1, 0.15) is 5.75 Å². The Bertz CT molecular complexity index is 300. The topological polar surface area (TPSA) is 50.1 Å². The van der Waals surface area contributed by atoms with Crippen LogP contribution < -0.4 is 10.5 Å². The second-order valence-corrected chi connectivity index (χ2v) is 2.26. The van der Waals surface area contributed by atoms with Crippen molar-refractivity contribution in [3.05, 3.63) is 30.3 Å². The summed E-state index contributed by atoms with van der Waals surface area (Å²) < 4.78 is 28.9. The Morgan fingerprint density at radius 3 is 2.31 bits per heavy atom. The summed E-state index contributed by atoms with van der Waals surface area (Å²) >= 11 is 0. The molecular formula is C8H6F2NO2. The van der Waals surface area contributed by atoms with Gasteiger partial charge in [0.15, 0.2) is 0 Å². The predicted octanol–water partition coefficient (Wildman–Crippen LogP) is 1.47. The SMILES string of the molecule is [NH]C(=O)C(F)(F)Oc1ccccc1. The number of rotatable bonds is 3. The Labute approximate surface area is 73.1 Å². The summed E-state index contributed by atoms with van der Waals surface area (Å²) in [6.45, 7) is 0. The largest absolute Gasteiger partial charge is 0.484 e. The third-order valence-corrected chi connectivity index (χ3v) is 1.25. The van der Waals surface area contributed by atoms with Crippen LogP contribution in [0.25, 0.3) is 0 Å². The van der Waals surface area contributed by atoms with Gasteiger partial charge in [0.05, 0.1) is 0 Å². The van der Waals surface area contributed by atoms with Crippen LogP contribution in [0.1, 0.15) is 0 Å². The number of carbonyl (C=O) groups excluding carboxylic acids is 1. The Morgan fingerprint density at radius 1 is 1.31 bits per heavy atom. The number of hydrogen-bond donors (Lipinski definition) is 0. The lowest BCUT2D eigenvalue weighted by atomic mass is 10.3. The molecule has 0 aliphatic carbocycles. The van der Waals surface area contributed by atoms with Crippen molar-refractivity contribution in [2.24, 2.45) is 0 Å². The fourth-order valence-corrected chi connectivity index (χ4v) is 0.683. The molecule has 1 aromatic carbocycles. The number of benzene rings is 1. The van der Waals surface area contributed by atoms with Crippen LogP contribution in [0, 0.1) is 0 Å². The normalized spacial score (nSPS) is 10.9. The van der Waals surface area contributed by atoms with E-state index in [4.69, 9.17) is 5.73 Å². The molecule has 0 saturated carbocycles. The second kappa shape index (κ2) is 3.38. The van der Waals surface area contributed by atoms with E-state index in [9.17, 15) is 13.6 Å². The minimum Gasteiger partial charge on any atom is -0.425 e. The number of para-hydroxylation sites is 1. The van der Waals surface area contributed by atoms with Crippen molar-refractivity contribution < 1.29 is 18.3 Å². The van der Waals surface area contributed by atoms with Crippen LogP contribution >= 0.6 is 0 Å².